The molecule has 1 aliphatic heterocycles. The number of likely N-dealkylation sites (N-methyl/N-ethyl adjacent to an activating group) is 1. The number of hydrogen-bond acceptors (Lipinski definition) is 5. The smallest absolute Gasteiger partial charge is 0.231 e. The molecule has 0 saturated heterocycles. The standard InChI is InChI=1S/C16H23N3O2/c1-12(18(3)4)17-13(2)19(5)10-9-14-7-6-8-15-16(14)21-11-20-15/h6-8,17H,1-2,9-11H2,3-5H3. The SMILES string of the molecule is C=C(NC(=C)N(C)CCc1cccc2c1OCO2)N(C)C. The summed E-state index contributed by atoms with van der Waals surface area (Å²) in [6.45, 7) is 9.10. The van der Waals surface area contributed by atoms with Crippen LogP contribution in [0.2, 0.25) is 0 Å². The van der Waals surface area contributed by atoms with E-state index in [1.807, 2.05) is 38.2 Å². The average Bonchev–Trinajstić information content (AvgIpc) is 2.93. The van der Waals surface area contributed by atoms with Gasteiger partial charge in [0, 0.05) is 27.7 Å². The van der Waals surface area contributed by atoms with Gasteiger partial charge in [-0.1, -0.05) is 25.3 Å². The van der Waals surface area contributed by atoms with Crippen molar-refractivity contribution in [2.45, 2.75) is 6.42 Å². The van der Waals surface area contributed by atoms with Crippen molar-refractivity contribution >= 4 is 0 Å². The molecule has 1 N–H and O–H groups in total. The molecule has 0 amide bonds. The molecule has 1 heterocycles. The van der Waals surface area contributed by atoms with Crippen LogP contribution in [-0.2, 0) is 6.42 Å². The molecule has 0 spiro atoms. The van der Waals surface area contributed by atoms with Gasteiger partial charge >= 0.3 is 0 Å². The average molecular weight is 289 g/mol. The third-order valence-electron chi connectivity index (χ3n) is 3.48. The molecule has 21 heavy (non-hydrogen) atoms. The molecule has 1 aliphatic rings. The molecule has 2 rings (SSSR count). The molecule has 0 atom stereocenters. The fourth-order valence-electron chi connectivity index (χ4n) is 1.98. The molecule has 1 aromatic rings. The molecular formula is C16H23N3O2. The van der Waals surface area contributed by atoms with Crippen LogP contribution in [0, 0.1) is 0 Å². The molecule has 0 radical (unpaired) electrons. The fraction of sp³-hybridized carbons (Fsp3) is 0.375. The highest BCUT2D eigenvalue weighted by Gasteiger charge is 2.17. The van der Waals surface area contributed by atoms with Gasteiger partial charge in [0.15, 0.2) is 11.5 Å². The zero-order valence-corrected chi connectivity index (χ0v) is 13.0. The van der Waals surface area contributed by atoms with Gasteiger partial charge in [-0.25, -0.2) is 0 Å². The third-order valence-corrected chi connectivity index (χ3v) is 3.48. The number of nitrogens with zero attached hydrogens (tertiary/aromatic N) is 2. The maximum atomic E-state index is 5.52. The second kappa shape index (κ2) is 6.43. The highest BCUT2D eigenvalue weighted by molar-refractivity contribution is 5.48. The van der Waals surface area contributed by atoms with Crippen LogP contribution in [0.4, 0.5) is 0 Å². The summed E-state index contributed by atoms with van der Waals surface area (Å²) in [6.07, 6.45) is 0.859. The summed E-state index contributed by atoms with van der Waals surface area (Å²) in [5.41, 5.74) is 1.15. The van der Waals surface area contributed by atoms with Gasteiger partial charge in [0.1, 0.15) is 0 Å². The summed E-state index contributed by atoms with van der Waals surface area (Å²) < 4.78 is 10.9. The van der Waals surface area contributed by atoms with Gasteiger partial charge in [-0.3, -0.25) is 0 Å². The van der Waals surface area contributed by atoms with Gasteiger partial charge in [-0.15, -0.1) is 0 Å². The molecular weight excluding hydrogens is 266 g/mol. The van der Waals surface area contributed by atoms with Gasteiger partial charge in [-0.2, -0.15) is 0 Å². The molecule has 114 valence electrons. The maximum absolute atomic E-state index is 5.52. The van der Waals surface area contributed by atoms with Crippen molar-refractivity contribution < 1.29 is 9.47 Å². The van der Waals surface area contributed by atoms with E-state index in [0.29, 0.717) is 6.79 Å². The van der Waals surface area contributed by atoms with Crippen molar-refractivity contribution in [3.63, 3.8) is 0 Å². The first-order valence-electron chi connectivity index (χ1n) is 6.90. The Morgan fingerprint density at radius 3 is 2.67 bits per heavy atom. The summed E-state index contributed by atoms with van der Waals surface area (Å²) in [4.78, 5) is 3.97. The monoisotopic (exact) mass is 289 g/mol. The predicted molar refractivity (Wildman–Crippen MR) is 84.0 cm³/mol. The molecule has 0 aromatic heterocycles. The zero-order valence-electron chi connectivity index (χ0n) is 13.0. The largest absolute Gasteiger partial charge is 0.454 e. The Labute approximate surface area is 126 Å². The first kappa shape index (κ1) is 15.1. The lowest BCUT2D eigenvalue weighted by Crippen LogP contribution is -2.32. The van der Waals surface area contributed by atoms with Crippen LogP contribution in [0.5, 0.6) is 11.5 Å². The number of hydrogen-bond donors (Lipinski definition) is 1. The van der Waals surface area contributed by atoms with E-state index in [2.05, 4.69) is 29.4 Å². The van der Waals surface area contributed by atoms with Crippen molar-refractivity contribution in [3.8, 4) is 11.5 Å². The number of nitrogens with one attached hydrogen (secondary N) is 1. The second-order valence-corrected chi connectivity index (χ2v) is 5.24. The van der Waals surface area contributed by atoms with E-state index in [4.69, 9.17) is 9.47 Å². The highest BCUT2D eigenvalue weighted by Crippen LogP contribution is 2.35. The van der Waals surface area contributed by atoms with E-state index >= 15 is 0 Å². The van der Waals surface area contributed by atoms with Crippen LogP contribution in [-0.4, -0.2) is 44.3 Å². The number of fused-ring (bicyclic) bond motifs is 1. The minimum atomic E-state index is 0.305. The van der Waals surface area contributed by atoms with Crippen LogP contribution >= 0.6 is 0 Å². The Bertz CT molecular complexity index is 540. The van der Waals surface area contributed by atoms with Crippen LogP contribution in [0.3, 0.4) is 0 Å². The summed E-state index contributed by atoms with van der Waals surface area (Å²) in [6, 6.07) is 5.98. The molecule has 0 fully saturated rings. The molecule has 1 aromatic carbocycles. The van der Waals surface area contributed by atoms with Crippen LogP contribution in [0.25, 0.3) is 0 Å². The fourth-order valence-corrected chi connectivity index (χ4v) is 1.98. The predicted octanol–water partition coefficient (Wildman–Crippen LogP) is 1.98. The second-order valence-electron chi connectivity index (χ2n) is 5.24. The van der Waals surface area contributed by atoms with Gasteiger partial charge in [0.05, 0.1) is 11.6 Å². The number of para-hydroxylation sites is 1. The van der Waals surface area contributed by atoms with Crippen molar-refractivity contribution in [2.75, 3.05) is 34.5 Å². The molecule has 5 heteroatoms. The summed E-state index contributed by atoms with van der Waals surface area (Å²) in [5, 5.41) is 3.17. The molecule has 0 bridgehead atoms. The van der Waals surface area contributed by atoms with E-state index in [1.54, 1.807) is 0 Å². The molecule has 0 aliphatic carbocycles. The quantitative estimate of drug-likeness (QED) is 0.831. The lowest BCUT2D eigenvalue weighted by molar-refractivity contribution is 0.173. The van der Waals surface area contributed by atoms with Gasteiger partial charge in [0.25, 0.3) is 0 Å². The Kier molecular flexibility index (Phi) is 4.62. The Morgan fingerprint density at radius 1 is 1.19 bits per heavy atom. The molecule has 0 saturated carbocycles. The Hall–Kier alpha value is -2.30. The minimum Gasteiger partial charge on any atom is -0.454 e. The Balaban J connectivity index is 1.90. The van der Waals surface area contributed by atoms with E-state index in [9.17, 15) is 0 Å². The summed E-state index contributed by atoms with van der Waals surface area (Å²) in [5.74, 6) is 3.32. The first-order chi connectivity index (χ1) is 9.99. The van der Waals surface area contributed by atoms with E-state index in [1.165, 1.54) is 0 Å². The molecule has 0 unspecified atom stereocenters. The van der Waals surface area contributed by atoms with E-state index in [-0.39, 0.29) is 0 Å². The maximum Gasteiger partial charge on any atom is 0.231 e. The zero-order chi connectivity index (χ0) is 15.4. The van der Waals surface area contributed by atoms with E-state index < -0.39 is 0 Å². The summed E-state index contributed by atoms with van der Waals surface area (Å²) >= 11 is 0. The van der Waals surface area contributed by atoms with Crippen LogP contribution < -0.4 is 14.8 Å². The number of benzene rings is 1. The lowest BCUT2D eigenvalue weighted by atomic mass is 10.1. The van der Waals surface area contributed by atoms with Crippen LogP contribution in [0.1, 0.15) is 5.56 Å². The van der Waals surface area contributed by atoms with Gasteiger partial charge in [-0.05, 0) is 18.1 Å². The lowest BCUT2D eigenvalue weighted by Gasteiger charge is -2.26. The number of rotatable bonds is 7. The summed E-state index contributed by atoms with van der Waals surface area (Å²) in [7, 11) is 5.87. The molecule has 5 nitrogen and oxygen atoms in total. The van der Waals surface area contributed by atoms with Gasteiger partial charge < -0.3 is 24.6 Å². The van der Waals surface area contributed by atoms with E-state index in [0.717, 1.165) is 41.7 Å². The normalized spacial score (nSPS) is 12.0. The first-order valence-corrected chi connectivity index (χ1v) is 6.90. The third kappa shape index (κ3) is 3.62. The van der Waals surface area contributed by atoms with Gasteiger partial charge in [0.2, 0.25) is 6.79 Å². The topological polar surface area (TPSA) is 37.0 Å². The van der Waals surface area contributed by atoms with Crippen molar-refractivity contribution in [1.29, 1.82) is 0 Å². The minimum absolute atomic E-state index is 0.305. The van der Waals surface area contributed by atoms with Crippen molar-refractivity contribution in [3.05, 3.63) is 48.6 Å². The Morgan fingerprint density at radius 2 is 1.95 bits per heavy atom. The van der Waals surface area contributed by atoms with Crippen molar-refractivity contribution in [2.24, 2.45) is 0 Å². The van der Waals surface area contributed by atoms with Crippen LogP contribution in [0.15, 0.2) is 43.0 Å². The highest BCUT2D eigenvalue weighted by atomic mass is 16.7. The number of ether oxygens (including phenoxy) is 2. The van der Waals surface area contributed by atoms with Crippen molar-refractivity contribution in [1.82, 2.24) is 15.1 Å².